The van der Waals surface area contributed by atoms with Crippen LogP contribution in [0, 0.1) is 16.7 Å². The summed E-state index contributed by atoms with van der Waals surface area (Å²) >= 11 is 1.49. The van der Waals surface area contributed by atoms with Gasteiger partial charge in [0.1, 0.15) is 17.5 Å². The molecule has 1 aromatic rings. The van der Waals surface area contributed by atoms with Gasteiger partial charge in [0, 0.05) is 18.1 Å². The van der Waals surface area contributed by atoms with E-state index in [4.69, 9.17) is 4.74 Å². The molecule has 0 aromatic carbocycles. The van der Waals surface area contributed by atoms with E-state index in [1.165, 1.54) is 37.4 Å². The van der Waals surface area contributed by atoms with Crippen molar-refractivity contribution in [3.63, 3.8) is 0 Å². The Hall–Kier alpha value is -1.32. The minimum atomic E-state index is 0.229. The summed E-state index contributed by atoms with van der Waals surface area (Å²) < 4.78 is 5.94. The molecule has 5 nitrogen and oxygen atoms in total. The molecule has 2 fully saturated rings. The fourth-order valence-electron chi connectivity index (χ4n) is 3.91. The smallest absolute Gasteiger partial charge is 0.189 e. The molecule has 1 spiro atoms. The average molecular weight is 318 g/mol. The summed E-state index contributed by atoms with van der Waals surface area (Å²) in [5.41, 5.74) is 0.749. The van der Waals surface area contributed by atoms with E-state index < -0.39 is 0 Å². The lowest BCUT2D eigenvalue weighted by Crippen LogP contribution is -2.60. The Labute approximate surface area is 135 Å². The Bertz CT molecular complexity index is 580. The second-order valence-electron chi connectivity index (χ2n) is 6.05. The summed E-state index contributed by atoms with van der Waals surface area (Å²) in [4.78, 5) is 8.66. The minimum Gasteiger partial charge on any atom is -0.378 e. The summed E-state index contributed by atoms with van der Waals surface area (Å²) in [6.07, 6.45) is 9.86. The predicted molar refractivity (Wildman–Crippen MR) is 86.9 cm³/mol. The first-order chi connectivity index (χ1) is 10.7. The van der Waals surface area contributed by atoms with Crippen LogP contribution in [-0.2, 0) is 4.74 Å². The summed E-state index contributed by atoms with van der Waals surface area (Å²) in [7, 11) is 0. The monoisotopic (exact) mass is 318 g/mol. The van der Waals surface area contributed by atoms with Crippen LogP contribution in [0.1, 0.15) is 44.6 Å². The van der Waals surface area contributed by atoms with E-state index in [9.17, 15) is 5.26 Å². The number of nitriles is 1. The van der Waals surface area contributed by atoms with E-state index >= 15 is 0 Å². The molecule has 0 saturated heterocycles. The molecule has 22 heavy (non-hydrogen) atoms. The molecule has 2 saturated carbocycles. The van der Waals surface area contributed by atoms with Crippen LogP contribution >= 0.6 is 11.8 Å². The molecule has 0 aliphatic heterocycles. The third kappa shape index (κ3) is 2.57. The van der Waals surface area contributed by atoms with E-state index in [1.54, 1.807) is 6.20 Å². The first-order valence-electron chi connectivity index (χ1n) is 7.92. The Morgan fingerprint density at radius 2 is 2.27 bits per heavy atom. The van der Waals surface area contributed by atoms with E-state index in [2.05, 4.69) is 28.3 Å². The van der Waals surface area contributed by atoms with Crippen molar-refractivity contribution in [2.24, 2.45) is 5.41 Å². The molecule has 0 bridgehead atoms. The number of ether oxygens (including phenoxy) is 1. The topological polar surface area (TPSA) is 70.8 Å². The van der Waals surface area contributed by atoms with E-state index in [-0.39, 0.29) is 5.41 Å². The third-order valence-electron chi connectivity index (χ3n) is 5.07. The number of aromatic nitrogens is 2. The molecule has 1 N–H and O–H groups in total. The van der Waals surface area contributed by atoms with Gasteiger partial charge in [-0.2, -0.15) is 5.26 Å². The Kier molecular flexibility index (Phi) is 4.55. The number of nitrogens with zero attached hydrogens (tertiary/aromatic N) is 3. The molecule has 1 heterocycles. The summed E-state index contributed by atoms with van der Waals surface area (Å²) in [6, 6.07) is 2.54. The number of hydrogen-bond donors (Lipinski definition) is 1. The zero-order valence-electron chi connectivity index (χ0n) is 13.1. The molecule has 2 unspecified atom stereocenters. The lowest BCUT2D eigenvalue weighted by Gasteiger charge is -2.54. The van der Waals surface area contributed by atoms with Gasteiger partial charge in [-0.1, -0.05) is 24.6 Å². The maximum atomic E-state index is 9.28. The molecule has 0 amide bonds. The standard InChI is InChI=1S/C16H22N4OS/c1-3-21-13-8-12(16(13)6-4-5-7-16)19-14-11(9-17)10-18-15(20-14)22-2/h10,12-13H,3-8H2,1-2H3,(H,18,19,20). The maximum Gasteiger partial charge on any atom is 0.189 e. The van der Waals surface area contributed by atoms with Crippen LogP contribution in [-0.4, -0.2) is 35.0 Å². The number of thioether (sulfide) groups is 1. The normalized spacial score (nSPS) is 25.7. The van der Waals surface area contributed by atoms with Gasteiger partial charge in [-0.15, -0.1) is 0 Å². The lowest BCUT2D eigenvalue weighted by molar-refractivity contribution is -0.114. The fraction of sp³-hybridized carbons (Fsp3) is 0.688. The zero-order valence-corrected chi connectivity index (χ0v) is 13.9. The molecule has 2 aliphatic rings. The second-order valence-corrected chi connectivity index (χ2v) is 6.82. The van der Waals surface area contributed by atoms with Crippen molar-refractivity contribution < 1.29 is 4.74 Å². The van der Waals surface area contributed by atoms with Gasteiger partial charge in [0.25, 0.3) is 0 Å². The largest absolute Gasteiger partial charge is 0.378 e. The minimum absolute atomic E-state index is 0.229. The molecule has 3 rings (SSSR count). The van der Waals surface area contributed by atoms with Crippen LogP contribution < -0.4 is 5.32 Å². The van der Waals surface area contributed by atoms with E-state index in [0.717, 1.165) is 13.0 Å². The summed E-state index contributed by atoms with van der Waals surface area (Å²) in [6.45, 7) is 2.83. The van der Waals surface area contributed by atoms with Crippen LogP contribution in [0.2, 0.25) is 0 Å². The van der Waals surface area contributed by atoms with Crippen molar-refractivity contribution in [2.45, 2.75) is 56.3 Å². The molecule has 0 radical (unpaired) electrons. The highest BCUT2D eigenvalue weighted by Crippen LogP contribution is 2.55. The lowest BCUT2D eigenvalue weighted by atomic mass is 9.60. The van der Waals surface area contributed by atoms with Gasteiger partial charge in [0.15, 0.2) is 5.16 Å². The van der Waals surface area contributed by atoms with Gasteiger partial charge in [-0.05, 0) is 32.4 Å². The molecule has 2 atom stereocenters. The van der Waals surface area contributed by atoms with E-state index in [1.807, 2.05) is 6.26 Å². The van der Waals surface area contributed by atoms with Crippen molar-refractivity contribution in [1.29, 1.82) is 5.26 Å². The first kappa shape index (κ1) is 15.6. The highest BCUT2D eigenvalue weighted by molar-refractivity contribution is 7.98. The van der Waals surface area contributed by atoms with Crippen molar-refractivity contribution in [1.82, 2.24) is 9.97 Å². The number of hydrogen-bond acceptors (Lipinski definition) is 6. The molecule has 2 aliphatic carbocycles. The van der Waals surface area contributed by atoms with Crippen LogP contribution in [0.4, 0.5) is 5.82 Å². The average Bonchev–Trinajstić information content (AvgIpc) is 3.06. The van der Waals surface area contributed by atoms with Crippen LogP contribution in [0.3, 0.4) is 0 Å². The SMILES string of the molecule is CCOC1CC(Nc2nc(SC)ncc2C#N)C12CCCC2. The van der Waals surface area contributed by atoms with Crippen LogP contribution in [0.5, 0.6) is 0 Å². The predicted octanol–water partition coefficient (Wildman–Crippen LogP) is 3.22. The van der Waals surface area contributed by atoms with Crippen molar-refractivity contribution in [2.75, 3.05) is 18.2 Å². The highest BCUT2D eigenvalue weighted by atomic mass is 32.2. The van der Waals surface area contributed by atoms with Crippen molar-refractivity contribution in [3.8, 4) is 6.07 Å². The Morgan fingerprint density at radius 3 is 2.91 bits per heavy atom. The van der Waals surface area contributed by atoms with Gasteiger partial charge in [-0.3, -0.25) is 0 Å². The zero-order chi connectivity index (χ0) is 15.6. The molecule has 6 heteroatoms. The van der Waals surface area contributed by atoms with Crippen LogP contribution in [0.25, 0.3) is 0 Å². The molecular weight excluding hydrogens is 296 g/mol. The Balaban J connectivity index is 1.80. The number of nitrogens with one attached hydrogen (secondary N) is 1. The van der Waals surface area contributed by atoms with E-state index in [0.29, 0.717) is 28.7 Å². The van der Waals surface area contributed by atoms with Gasteiger partial charge in [0.2, 0.25) is 0 Å². The number of anilines is 1. The summed E-state index contributed by atoms with van der Waals surface area (Å²) in [5, 5.41) is 13.5. The van der Waals surface area contributed by atoms with Gasteiger partial charge >= 0.3 is 0 Å². The second kappa shape index (κ2) is 6.43. The quantitative estimate of drug-likeness (QED) is 0.664. The molecule has 1 aromatic heterocycles. The van der Waals surface area contributed by atoms with Gasteiger partial charge < -0.3 is 10.1 Å². The third-order valence-corrected chi connectivity index (χ3v) is 5.63. The summed E-state index contributed by atoms with van der Waals surface area (Å²) in [5.74, 6) is 0.674. The fourth-order valence-corrected chi connectivity index (χ4v) is 4.25. The van der Waals surface area contributed by atoms with Crippen LogP contribution in [0.15, 0.2) is 11.4 Å². The van der Waals surface area contributed by atoms with Gasteiger partial charge in [-0.25, -0.2) is 9.97 Å². The van der Waals surface area contributed by atoms with Crippen molar-refractivity contribution >= 4 is 17.6 Å². The highest BCUT2D eigenvalue weighted by Gasteiger charge is 2.56. The number of rotatable bonds is 5. The Morgan fingerprint density at radius 1 is 1.50 bits per heavy atom. The molecule has 118 valence electrons. The maximum absolute atomic E-state index is 9.28. The first-order valence-corrected chi connectivity index (χ1v) is 9.15. The van der Waals surface area contributed by atoms with Crippen molar-refractivity contribution in [3.05, 3.63) is 11.8 Å². The molecular formula is C16H22N4OS. The van der Waals surface area contributed by atoms with Gasteiger partial charge in [0.05, 0.1) is 12.3 Å².